The molecule has 0 spiro atoms. The maximum atomic E-state index is 14.9. The molecule has 14 amide bonds. The van der Waals surface area contributed by atoms with Gasteiger partial charge in [-0.2, -0.15) is 0 Å². The molecule has 1 aromatic carbocycles. The fourth-order valence-corrected chi connectivity index (χ4v) is 14.4. The molecule has 1 aliphatic carbocycles. The summed E-state index contributed by atoms with van der Waals surface area (Å²) < 4.78 is 0. The Morgan fingerprint density at radius 1 is 0.664 bits per heavy atom. The number of primary amides is 1. The van der Waals surface area contributed by atoms with E-state index in [0.29, 0.717) is 35.7 Å². The van der Waals surface area contributed by atoms with Gasteiger partial charge in [0.1, 0.15) is 66.5 Å². The predicted molar refractivity (Wildman–Crippen MR) is 402 cm³/mol. The second kappa shape index (κ2) is 44.8. The number of carbonyl (C=O) groups is 16. The number of amides is 14. The number of hydrogen-bond acceptors (Lipinski definition) is 21. The van der Waals surface area contributed by atoms with Crippen LogP contribution in [0.4, 0.5) is 0 Å². The van der Waals surface area contributed by atoms with Crippen LogP contribution in [0.1, 0.15) is 137 Å². The van der Waals surface area contributed by atoms with Gasteiger partial charge in [-0.25, -0.2) is 9.78 Å². The van der Waals surface area contributed by atoms with E-state index in [1.54, 1.807) is 52.0 Å². The molecule has 0 bridgehead atoms. The minimum absolute atomic E-state index is 0.0254. The number of aliphatic imine (C=N–C) groups is 1. The summed E-state index contributed by atoms with van der Waals surface area (Å²) in [6.07, 6.45) is 3.14. The van der Waals surface area contributed by atoms with Crippen LogP contribution >= 0.6 is 21.6 Å². The molecule has 5 rings (SSSR count). The Labute approximate surface area is 642 Å². The molecule has 2 aliphatic rings. The number of imidazole rings is 1. The number of carboxylic acids is 2. The average Bonchev–Trinajstić information content (AvgIpc) is 1.64. The summed E-state index contributed by atoms with van der Waals surface area (Å²) in [5, 5.41) is 63.9. The van der Waals surface area contributed by atoms with Gasteiger partial charge < -0.3 is 112 Å². The number of nitrogens with zero attached hydrogens (tertiary/aromatic N) is 2. The molecule has 3 aromatic rings. The minimum atomic E-state index is -2.03. The summed E-state index contributed by atoms with van der Waals surface area (Å²) in [4.78, 5) is 238. The second-order valence-corrected chi connectivity index (χ2v) is 30.1. The SMILES string of the molecule is CC[C@H](C)[C@H](NC(C)=O)C(=O)N[C@H]1CSSC[C@@H](C(=O)N[C@H](C(=O)O)[C@@H](C)O)NC(=O)[C@H](CCCN=C(N)N)NC(=O)[C@H](Cc2cnc[nH]2)NC(=O)[C@H](C)NC(=O)CNC(=O)[C@H](Cc2c[nH]c3ccccc23)NC(=O)[C@H](CC(=O)O)NC(=O)[C@H](CCC(N)=O)NC(=O)[C@H](CC2CCCCC2)NC(=O)[C@H](C(C)C)NC1=O. The number of nitrogens with two attached hydrogens (primary N) is 3. The number of hydrogen-bond donors (Lipinski definition) is 21. The van der Waals surface area contributed by atoms with Crippen molar-refractivity contribution < 1.29 is 92.0 Å². The first kappa shape index (κ1) is 90.0. The number of rotatable bonds is 25. The van der Waals surface area contributed by atoms with E-state index in [0.717, 1.165) is 47.8 Å². The summed E-state index contributed by atoms with van der Waals surface area (Å²) in [6.45, 7) is 9.02. The van der Waals surface area contributed by atoms with Crippen molar-refractivity contribution in [1.82, 2.24) is 84.1 Å². The van der Waals surface area contributed by atoms with E-state index < -0.39 is 222 Å². The summed E-state index contributed by atoms with van der Waals surface area (Å²) in [5.74, 6) is -20.2. The highest BCUT2D eigenvalue weighted by molar-refractivity contribution is 8.76. The Bertz CT molecular complexity index is 3760. The molecule has 1 aliphatic heterocycles. The number of nitrogens with one attached hydrogen (secondary N) is 15. The van der Waals surface area contributed by atoms with E-state index >= 15 is 0 Å². The molecule has 41 heteroatoms. The maximum absolute atomic E-state index is 14.9. The molecule has 2 fully saturated rings. The van der Waals surface area contributed by atoms with E-state index in [2.05, 4.69) is 89.1 Å². The van der Waals surface area contributed by atoms with Gasteiger partial charge in [0.05, 0.1) is 25.4 Å². The lowest BCUT2D eigenvalue weighted by atomic mass is 9.84. The lowest BCUT2D eigenvalue weighted by Crippen LogP contribution is -2.61. The molecule has 3 heterocycles. The van der Waals surface area contributed by atoms with Gasteiger partial charge in [0.25, 0.3) is 0 Å². The Balaban J connectivity index is 1.65. The van der Waals surface area contributed by atoms with Crippen molar-refractivity contribution in [2.75, 3.05) is 24.6 Å². The molecular weight excluding hydrogens is 1480 g/mol. The van der Waals surface area contributed by atoms with Crippen LogP contribution in [0, 0.1) is 17.8 Å². The molecule has 39 nitrogen and oxygen atoms in total. The number of aliphatic hydroxyl groups is 1. The van der Waals surface area contributed by atoms with E-state index in [1.165, 1.54) is 32.6 Å². The first-order valence-electron chi connectivity index (χ1n) is 36.2. The van der Waals surface area contributed by atoms with Gasteiger partial charge >= 0.3 is 11.9 Å². The molecule has 1 saturated heterocycles. The van der Waals surface area contributed by atoms with Gasteiger partial charge in [-0.1, -0.05) is 106 Å². The van der Waals surface area contributed by atoms with Crippen molar-refractivity contribution in [3.63, 3.8) is 0 Å². The molecule has 14 atom stereocenters. The highest BCUT2D eigenvalue weighted by Crippen LogP contribution is 2.29. The van der Waals surface area contributed by atoms with Gasteiger partial charge in [0.15, 0.2) is 12.0 Å². The van der Waals surface area contributed by atoms with E-state index in [9.17, 15) is 92.0 Å². The Morgan fingerprint density at radius 2 is 1.26 bits per heavy atom. The number of carboxylic acid groups (broad SMARTS) is 2. The topological polar surface area (TPSA) is 625 Å². The van der Waals surface area contributed by atoms with Crippen molar-refractivity contribution in [2.24, 2.45) is 39.9 Å². The molecule has 0 radical (unpaired) electrons. The molecule has 1 saturated carbocycles. The normalized spacial score (nSPS) is 23.9. The average molecular weight is 1580 g/mol. The molecule has 606 valence electrons. The maximum Gasteiger partial charge on any atom is 0.328 e. The van der Waals surface area contributed by atoms with Crippen molar-refractivity contribution in [1.29, 1.82) is 0 Å². The first-order valence-corrected chi connectivity index (χ1v) is 38.7. The zero-order valence-corrected chi connectivity index (χ0v) is 64.0. The summed E-state index contributed by atoms with van der Waals surface area (Å²) in [7, 11) is 1.63. The number of aliphatic carboxylic acids is 2. The zero-order valence-electron chi connectivity index (χ0n) is 62.3. The smallest absolute Gasteiger partial charge is 0.328 e. The van der Waals surface area contributed by atoms with Crippen molar-refractivity contribution in [3.05, 3.63) is 54.2 Å². The third-order valence-electron chi connectivity index (χ3n) is 18.3. The largest absolute Gasteiger partial charge is 0.481 e. The number of guanidine groups is 1. The van der Waals surface area contributed by atoms with E-state index in [-0.39, 0.29) is 56.2 Å². The van der Waals surface area contributed by atoms with Crippen molar-refractivity contribution in [2.45, 2.75) is 217 Å². The van der Waals surface area contributed by atoms with Crippen LogP contribution in [0.15, 0.2) is 48.0 Å². The third-order valence-corrected chi connectivity index (χ3v) is 20.8. The number of aromatic amines is 2. The van der Waals surface area contributed by atoms with Crippen LogP contribution in [0.5, 0.6) is 0 Å². The zero-order chi connectivity index (χ0) is 81.5. The number of H-pyrrole nitrogens is 2. The standard InChI is InChI=1S/C69H104N20O19S2/c1-8-34(4)55(79-37(7)91)67(106)87-50-31-110-109-30-49(65(104)89-56(36(6)90)68(107)108)86-59(98)43(19-14-22-74-69(71)72)80-62(101)47(25-40-28-73-32-77-40)82-57(96)35(5)78-52(93)29-76-58(97)46(24-39-27-75-42-18-13-12-17-41(39)42)83-63(102)48(26-53(94)95)84-60(99)44(20-21-51(70)92)81-61(100)45(23-38-15-10-9-11-16-38)85-66(105)54(33(2)3)88-64(50)103/h12-13,17-18,27-28,32-36,38,43-50,54-56,75,90H,8-11,14-16,19-26,29-31H2,1-7H3,(H2,70,92)(H,73,77)(H,76,97)(H,78,93)(H,79,91)(H,80,101)(H,81,100)(H,82,96)(H,83,102)(H,84,99)(H,85,105)(H,86,98)(H,87,106)(H,88,103)(H,89,104)(H,94,95)(H,107,108)(H4,71,72,74)/t34-,35-,36+,43-,44-,45-,46-,47-,48-,49-,50-,54-,55-,56-/m0/s1. The minimum Gasteiger partial charge on any atom is -0.481 e. The lowest BCUT2D eigenvalue weighted by Gasteiger charge is -2.31. The Morgan fingerprint density at radius 3 is 1.88 bits per heavy atom. The van der Waals surface area contributed by atoms with Crippen LogP contribution in [0.25, 0.3) is 10.9 Å². The monoisotopic (exact) mass is 1580 g/mol. The second-order valence-electron chi connectivity index (χ2n) is 27.6. The van der Waals surface area contributed by atoms with Crippen LogP contribution in [0.2, 0.25) is 0 Å². The number of para-hydroxylation sites is 1. The third kappa shape index (κ3) is 29.8. The molecule has 0 unspecified atom stereocenters. The summed E-state index contributed by atoms with van der Waals surface area (Å²) in [5.41, 5.74) is 18.0. The molecular formula is C69H104N20O19S2. The number of fused-ring (bicyclic) bond motifs is 1. The van der Waals surface area contributed by atoms with Crippen molar-refractivity contribution in [3.8, 4) is 0 Å². The van der Waals surface area contributed by atoms with Gasteiger partial charge in [-0.15, -0.1) is 0 Å². The predicted octanol–water partition coefficient (Wildman–Crippen LogP) is -4.02. The Hall–Kier alpha value is -10.6. The summed E-state index contributed by atoms with van der Waals surface area (Å²) >= 11 is 0. The van der Waals surface area contributed by atoms with E-state index in [4.69, 9.17) is 17.2 Å². The first-order chi connectivity index (χ1) is 52.0. The highest BCUT2D eigenvalue weighted by atomic mass is 33.1. The lowest BCUT2D eigenvalue weighted by molar-refractivity contribution is -0.145. The fraction of sp³-hybridized carbons (Fsp3) is 0.594. The van der Waals surface area contributed by atoms with Gasteiger partial charge in [0.2, 0.25) is 82.7 Å². The molecule has 24 N–H and O–H groups in total. The van der Waals surface area contributed by atoms with Gasteiger partial charge in [-0.3, -0.25) is 76.9 Å². The fourth-order valence-electron chi connectivity index (χ4n) is 12.0. The number of aromatic nitrogens is 3. The van der Waals surface area contributed by atoms with E-state index in [1.807, 2.05) is 0 Å². The van der Waals surface area contributed by atoms with Crippen LogP contribution in [-0.4, -0.2) is 234 Å². The quantitative estimate of drug-likeness (QED) is 0.0166. The molecule has 110 heavy (non-hydrogen) atoms. The summed E-state index contributed by atoms with van der Waals surface area (Å²) in [6, 6.07) is -12.9. The Kier molecular flexibility index (Phi) is 36.7. The number of benzene rings is 1. The highest BCUT2D eigenvalue weighted by Gasteiger charge is 2.40. The van der Waals surface area contributed by atoms with Crippen LogP contribution in [-0.2, 0) is 89.6 Å². The van der Waals surface area contributed by atoms with Gasteiger partial charge in [0, 0.05) is 73.2 Å². The van der Waals surface area contributed by atoms with Gasteiger partial charge in [-0.05, 0) is 68.9 Å². The molecule has 2 aromatic heterocycles. The van der Waals surface area contributed by atoms with Crippen LogP contribution < -0.4 is 86.3 Å². The number of aliphatic hydroxyl groups excluding tert-OH is 1. The van der Waals surface area contributed by atoms with Crippen LogP contribution in [0.3, 0.4) is 0 Å². The number of carbonyl (C=O) groups excluding carboxylic acids is 14. The van der Waals surface area contributed by atoms with Crippen molar-refractivity contribution >= 4 is 133 Å².